The summed E-state index contributed by atoms with van der Waals surface area (Å²) in [5.74, 6) is 0.285. The summed E-state index contributed by atoms with van der Waals surface area (Å²) in [4.78, 5) is -0.886. The Kier molecular flexibility index (Phi) is 2.78. The highest BCUT2D eigenvalue weighted by Crippen LogP contribution is 2.31. The second-order valence-corrected chi connectivity index (χ2v) is 6.04. The van der Waals surface area contributed by atoms with Crippen LogP contribution in [0.4, 0.5) is 0 Å². The van der Waals surface area contributed by atoms with Crippen LogP contribution in [0.5, 0.6) is 0 Å². The Morgan fingerprint density at radius 1 is 1.50 bits per heavy atom. The van der Waals surface area contributed by atoms with E-state index in [1.54, 1.807) is 0 Å². The molecular weight excluding hydrogens is 174 g/mol. The smallest absolute Gasteiger partial charge is 0.168 e. The average molecular weight is 191 g/mol. The van der Waals surface area contributed by atoms with Crippen LogP contribution in [0.25, 0.3) is 0 Å². The van der Waals surface area contributed by atoms with Crippen LogP contribution in [0.1, 0.15) is 39.0 Å². The average Bonchev–Trinajstić information content (AvgIpc) is 2.24. The molecule has 1 fully saturated rings. The van der Waals surface area contributed by atoms with Crippen LogP contribution in [0.3, 0.4) is 0 Å². The van der Waals surface area contributed by atoms with Crippen molar-refractivity contribution in [3.63, 3.8) is 0 Å². The van der Waals surface area contributed by atoms with E-state index in [0.717, 1.165) is 19.3 Å². The number of unbranched alkanes of at least 4 members (excludes halogenated alkanes) is 1. The monoisotopic (exact) mass is 191 g/mol. The van der Waals surface area contributed by atoms with Crippen LogP contribution in [0, 0.1) is 0 Å². The lowest BCUT2D eigenvalue weighted by Crippen LogP contribution is -2.44. The molecule has 0 aromatic carbocycles. The predicted octanol–water partition coefficient (Wildman–Crippen LogP) is 1.04. The Morgan fingerprint density at radius 2 is 2.17 bits per heavy atom. The van der Waals surface area contributed by atoms with E-state index in [1.165, 1.54) is 0 Å². The first-order chi connectivity index (χ1) is 5.52. The van der Waals surface area contributed by atoms with Crippen molar-refractivity contribution in [2.45, 2.75) is 43.9 Å². The summed E-state index contributed by atoms with van der Waals surface area (Å²) >= 11 is 0. The largest absolute Gasteiger partial charge is 0.313 e. The zero-order valence-electron chi connectivity index (χ0n) is 7.54. The Morgan fingerprint density at radius 3 is 2.58 bits per heavy atom. The highest BCUT2D eigenvalue weighted by molar-refractivity contribution is 7.93. The van der Waals surface area contributed by atoms with Crippen molar-refractivity contribution in [2.75, 3.05) is 5.75 Å². The van der Waals surface area contributed by atoms with Crippen molar-refractivity contribution in [2.24, 2.45) is 5.73 Å². The molecule has 0 spiro atoms. The summed E-state index contributed by atoms with van der Waals surface area (Å²) in [5.41, 5.74) is 5.83. The summed E-state index contributed by atoms with van der Waals surface area (Å²) in [6.45, 7) is 2.05. The first-order valence-corrected chi connectivity index (χ1v) is 6.18. The van der Waals surface area contributed by atoms with Gasteiger partial charge in [0, 0.05) is 0 Å². The molecule has 1 saturated heterocycles. The summed E-state index contributed by atoms with van der Waals surface area (Å²) in [5, 5.41) is 0. The van der Waals surface area contributed by atoms with Crippen molar-refractivity contribution in [1.29, 1.82) is 0 Å². The van der Waals surface area contributed by atoms with Crippen LogP contribution < -0.4 is 5.73 Å². The fourth-order valence-electron chi connectivity index (χ4n) is 1.68. The van der Waals surface area contributed by atoms with Crippen LogP contribution in [-0.4, -0.2) is 19.0 Å². The molecule has 0 aromatic heterocycles. The zero-order chi connectivity index (χ0) is 9.24. The molecular formula is C8H17NO2S. The molecule has 4 heteroatoms. The van der Waals surface area contributed by atoms with E-state index in [1.807, 2.05) is 6.92 Å². The molecule has 1 rings (SSSR count). The van der Waals surface area contributed by atoms with Gasteiger partial charge in [-0.3, -0.25) is 0 Å². The Bertz CT molecular complexity index is 248. The van der Waals surface area contributed by atoms with Gasteiger partial charge in [0.15, 0.2) is 9.84 Å². The van der Waals surface area contributed by atoms with E-state index in [0.29, 0.717) is 12.8 Å². The van der Waals surface area contributed by atoms with Gasteiger partial charge in [0.25, 0.3) is 0 Å². The van der Waals surface area contributed by atoms with Gasteiger partial charge in [0.1, 0.15) is 4.87 Å². The molecule has 0 aliphatic carbocycles. The lowest BCUT2D eigenvalue weighted by molar-refractivity contribution is 0.475. The van der Waals surface area contributed by atoms with Gasteiger partial charge in [-0.25, -0.2) is 8.42 Å². The van der Waals surface area contributed by atoms with Gasteiger partial charge in [-0.05, 0) is 19.3 Å². The molecule has 12 heavy (non-hydrogen) atoms. The quantitative estimate of drug-likeness (QED) is 0.725. The summed E-state index contributed by atoms with van der Waals surface area (Å²) in [7, 11) is -2.98. The normalized spacial score (nSPS) is 33.8. The minimum atomic E-state index is -2.98. The number of rotatable bonds is 3. The van der Waals surface area contributed by atoms with Crippen molar-refractivity contribution < 1.29 is 8.42 Å². The van der Waals surface area contributed by atoms with E-state index in [4.69, 9.17) is 5.73 Å². The molecule has 3 nitrogen and oxygen atoms in total. The van der Waals surface area contributed by atoms with E-state index < -0.39 is 14.7 Å². The number of nitrogens with two attached hydrogens (primary N) is 1. The zero-order valence-corrected chi connectivity index (χ0v) is 8.36. The summed E-state index contributed by atoms with van der Waals surface area (Å²) in [6, 6.07) is 0. The summed E-state index contributed by atoms with van der Waals surface area (Å²) < 4.78 is 22.9. The second kappa shape index (κ2) is 3.34. The molecule has 1 aliphatic heterocycles. The van der Waals surface area contributed by atoms with Gasteiger partial charge in [-0.2, -0.15) is 0 Å². The number of sulfone groups is 1. The molecule has 0 saturated carbocycles. The standard InChI is InChI=1S/C8H17NO2S/c1-2-3-5-8(9)6-4-7-12(8,10)11/h2-7,9H2,1H3. The Labute approximate surface area is 74.3 Å². The van der Waals surface area contributed by atoms with Gasteiger partial charge in [0.05, 0.1) is 5.75 Å². The predicted molar refractivity (Wildman–Crippen MR) is 49.5 cm³/mol. The molecule has 1 aliphatic rings. The molecule has 1 heterocycles. The maximum Gasteiger partial charge on any atom is 0.168 e. The van der Waals surface area contributed by atoms with Crippen LogP contribution in [0.2, 0.25) is 0 Å². The van der Waals surface area contributed by atoms with E-state index in [-0.39, 0.29) is 5.75 Å². The molecule has 0 aromatic rings. The lowest BCUT2D eigenvalue weighted by Gasteiger charge is -2.21. The van der Waals surface area contributed by atoms with Gasteiger partial charge in [-0.15, -0.1) is 0 Å². The summed E-state index contributed by atoms with van der Waals surface area (Å²) in [6.07, 6.45) is 3.94. The lowest BCUT2D eigenvalue weighted by atomic mass is 10.1. The highest BCUT2D eigenvalue weighted by atomic mass is 32.2. The molecule has 2 N–H and O–H groups in total. The van der Waals surface area contributed by atoms with E-state index in [2.05, 4.69) is 0 Å². The van der Waals surface area contributed by atoms with E-state index in [9.17, 15) is 8.42 Å². The molecule has 0 radical (unpaired) electrons. The highest BCUT2D eigenvalue weighted by Gasteiger charge is 2.43. The molecule has 0 amide bonds. The molecule has 1 atom stereocenters. The van der Waals surface area contributed by atoms with Gasteiger partial charge in [0.2, 0.25) is 0 Å². The number of hydrogen-bond donors (Lipinski definition) is 1. The SMILES string of the molecule is CCCCC1(N)CCCS1(=O)=O. The maximum atomic E-state index is 11.5. The molecule has 72 valence electrons. The first kappa shape index (κ1) is 9.99. The maximum absolute atomic E-state index is 11.5. The van der Waals surface area contributed by atoms with Crippen molar-refractivity contribution >= 4 is 9.84 Å². The van der Waals surface area contributed by atoms with Crippen molar-refractivity contribution in [1.82, 2.24) is 0 Å². The second-order valence-electron chi connectivity index (χ2n) is 3.59. The van der Waals surface area contributed by atoms with Crippen molar-refractivity contribution in [3.05, 3.63) is 0 Å². The van der Waals surface area contributed by atoms with Crippen molar-refractivity contribution in [3.8, 4) is 0 Å². The molecule has 0 bridgehead atoms. The third-order valence-corrected chi connectivity index (χ3v) is 5.06. The number of hydrogen-bond acceptors (Lipinski definition) is 3. The fourth-order valence-corrected chi connectivity index (χ4v) is 3.52. The fraction of sp³-hybridized carbons (Fsp3) is 1.00. The topological polar surface area (TPSA) is 60.2 Å². The third kappa shape index (κ3) is 1.64. The minimum Gasteiger partial charge on any atom is -0.313 e. The van der Waals surface area contributed by atoms with Crippen LogP contribution >= 0.6 is 0 Å². The Hall–Kier alpha value is -0.0900. The van der Waals surface area contributed by atoms with Gasteiger partial charge >= 0.3 is 0 Å². The van der Waals surface area contributed by atoms with Gasteiger partial charge in [-0.1, -0.05) is 19.8 Å². The van der Waals surface area contributed by atoms with Gasteiger partial charge < -0.3 is 5.73 Å². The minimum absolute atomic E-state index is 0.285. The van der Waals surface area contributed by atoms with Crippen LogP contribution in [0.15, 0.2) is 0 Å². The van der Waals surface area contributed by atoms with E-state index >= 15 is 0 Å². The van der Waals surface area contributed by atoms with Crippen LogP contribution in [-0.2, 0) is 9.84 Å². The first-order valence-electron chi connectivity index (χ1n) is 4.53. The Balaban J connectivity index is 2.70. The third-order valence-electron chi connectivity index (χ3n) is 2.59. The molecule has 1 unspecified atom stereocenters.